The molecule has 16 heteroatoms. The summed E-state index contributed by atoms with van der Waals surface area (Å²) in [6.45, 7) is 13.4. The smallest absolute Gasteiger partial charge is 0.295 e. The topological polar surface area (TPSA) is 169 Å². The third-order valence-electron chi connectivity index (χ3n) is 16.5. The molecule has 14 nitrogen and oxygen atoms in total. The van der Waals surface area contributed by atoms with Gasteiger partial charge in [0.1, 0.15) is 0 Å². The molecular weight excluding hydrogens is 1070 g/mol. The summed E-state index contributed by atoms with van der Waals surface area (Å²) in [6.07, 6.45) is 4.04. The number of piperazine rings is 2. The SMILES string of the molecule is C[C@@H]1CN(C(c2ccccc2)c2ccccc2)[C@@H](C)CN1C(=O)c1cc2c(C(=O)C(=O)N3CC[C@@H](O)C3)c[nH]c2cc1Cl.C[C@@H]1CN(C(c2ccccc2)c2ccccc2)[C@@H](C)CN1C(=O)c1cc2cc[nH]c2cc1Cl.O[C@@H]1CCNC1. The Morgan fingerprint density at radius 3 is 1.43 bits per heavy atom. The van der Waals surface area contributed by atoms with Crippen molar-refractivity contribution in [3.63, 3.8) is 0 Å². The molecular formula is C66H72Cl2N8O6. The minimum Gasteiger partial charge on any atom is -0.392 e. The second-order valence-corrected chi connectivity index (χ2v) is 23.1. The zero-order valence-electron chi connectivity index (χ0n) is 46.8. The van der Waals surface area contributed by atoms with E-state index in [1.807, 2.05) is 53.3 Å². The van der Waals surface area contributed by atoms with E-state index < -0.39 is 17.8 Å². The monoisotopic (exact) mass is 1140 g/mol. The second-order valence-electron chi connectivity index (χ2n) is 22.3. The number of hydrogen-bond acceptors (Lipinski definition) is 9. The number of aliphatic hydroxyl groups excluding tert-OH is 2. The Morgan fingerprint density at radius 1 is 0.524 bits per heavy atom. The summed E-state index contributed by atoms with van der Waals surface area (Å²) < 4.78 is 0. The highest BCUT2D eigenvalue weighted by molar-refractivity contribution is 6.45. The van der Waals surface area contributed by atoms with Crippen molar-refractivity contribution in [3.05, 3.63) is 213 Å². The van der Waals surface area contributed by atoms with Crippen LogP contribution < -0.4 is 5.32 Å². The van der Waals surface area contributed by atoms with Crippen LogP contribution in [0.1, 0.15) is 106 Å². The molecule has 0 spiro atoms. The Balaban J connectivity index is 0.000000171. The summed E-state index contributed by atoms with van der Waals surface area (Å²) in [5.41, 5.74) is 7.49. The van der Waals surface area contributed by atoms with Crippen molar-refractivity contribution < 1.29 is 29.4 Å². The summed E-state index contributed by atoms with van der Waals surface area (Å²) >= 11 is 13.2. The highest BCUT2D eigenvalue weighted by Gasteiger charge is 2.40. The Bertz CT molecular complexity index is 3410. The normalized spacial score (nSPS) is 21.4. The molecule has 6 aromatic carbocycles. The number of halogens is 2. The van der Waals surface area contributed by atoms with E-state index >= 15 is 0 Å². The Hall–Kier alpha value is -7.14. The number of likely N-dealkylation sites (tertiary alicyclic amines) is 1. The third kappa shape index (κ3) is 12.7. The number of nitrogens with one attached hydrogen (secondary N) is 3. The number of H-pyrrole nitrogens is 2. The quantitative estimate of drug-likeness (QED) is 0.0661. The van der Waals surface area contributed by atoms with Gasteiger partial charge < -0.3 is 40.2 Å². The van der Waals surface area contributed by atoms with Crippen LogP contribution >= 0.6 is 23.2 Å². The lowest BCUT2D eigenvalue weighted by molar-refractivity contribution is -0.125. The van der Waals surface area contributed by atoms with Crippen molar-refractivity contribution in [1.29, 1.82) is 0 Å². The van der Waals surface area contributed by atoms with Crippen LogP contribution in [0.5, 0.6) is 0 Å². The minimum absolute atomic E-state index is 0.00178. The first kappa shape index (κ1) is 58.1. The molecule has 426 valence electrons. The summed E-state index contributed by atoms with van der Waals surface area (Å²) in [5, 5.41) is 23.7. The number of fused-ring (bicyclic) bond motifs is 2. The molecule has 0 radical (unpaired) electrons. The summed E-state index contributed by atoms with van der Waals surface area (Å²) in [7, 11) is 0. The number of aromatic nitrogens is 2. The van der Waals surface area contributed by atoms with Crippen LogP contribution in [0.3, 0.4) is 0 Å². The predicted octanol–water partition coefficient (Wildman–Crippen LogP) is 10.4. The largest absolute Gasteiger partial charge is 0.392 e. The molecule has 0 unspecified atom stereocenters. The fourth-order valence-corrected chi connectivity index (χ4v) is 12.6. The van der Waals surface area contributed by atoms with E-state index in [1.54, 1.807) is 12.1 Å². The number of amides is 3. The number of hydrogen-bond donors (Lipinski definition) is 5. The molecule has 5 N–H and O–H groups in total. The molecule has 4 saturated heterocycles. The lowest BCUT2D eigenvalue weighted by Crippen LogP contribution is -2.58. The van der Waals surface area contributed by atoms with Crippen molar-refractivity contribution in [1.82, 2.24) is 39.8 Å². The molecule has 12 rings (SSSR count). The molecule has 2 aromatic heterocycles. The summed E-state index contributed by atoms with van der Waals surface area (Å²) in [6, 6.07) is 51.4. The number of nitrogens with zero attached hydrogens (tertiary/aromatic N) is 5. The van der Waals surface area contributed by atoms with Gasteiger partial charge >= 0.3 is 0 Å². The molecule has 4 aliphatic rings. The molecule has 82 heavy (non-hydrogen) atoms. The fraction of sp³-hybridized carbons (Fsp3) is 0.333. The standard InChI is InChI=1S/C34H35ClN4O4.C28H28ClN3O.C4H9NO/c1-21-19-39(22(2)18-38(21)31(23-9-5-3-6-10-23)24-11-7-4-8-12-24)33(42)27-15-26-28(17-36-30(26)16-29(27)35)32(41)34(43)37-14-13-25(40)20-37;1-19-18-32(28(33)24-15-23-13-14-30-26(23)16-25(24)29)20(2)17-31(19)27(21-9-5-3-6-10-21)22-11-7-4-8-12-22;6-4-1-2-5-3-4/h3-12,15-17,21-22,25,31,36,40H,13-14,18-20H2,1-2H3;3-16,19-20,27,30H,17-18H2,1-2H3;4-6H,1-3H2/t21-,22+,25+;19-,20+;4-/m001/s1. The number of rotatable bonds is 10. The molecule has 0 bridgehead atoms. The van der Waals surface area contributed by atoms with E-state index in [0.29, 0.717) is 59.7 Å². The van der Waals surface area contributed by atoms with E-state index in [4.69, 9.17) is 28.3 Å². The number of aliphatic hydroxyl groups is 2. The number of aromatic amines is 2. The van der Waals surface area contributed by atoms with Gasteiger partial charge in [-0.15, -0.1) is 0 Å². The van der Waals surface area contributed by atoms with Crippen LogP contribution in [0.15, 0.2) is 164 Å². The first-order chi connectivity index (χ1) is 39.6. The van der Waals surface area contributed by atoms with Gasteiger partial charge in [-0.2, -0.15) is 0 Å². The second kappa shape index (κ2) is 26.0. The predicted molar refractivity (Wildman–Crippen MR) is 324 cm³/mol. The lowest BCUT2D eigenvalue weighted by atomic mass is 9.93. The molecule has 6 atom stereocenters. The van der Waals surface area contributed by atoms with Gasteiger partial charge in [0, 0.05) is 104 Å². The number of benzene rings is 6. The van der Waals surface area contributed by atoms with Gasteiger partial charge in [-0.25, -0.2) is 0 Å². The molecule has 4 aliphatic heterocycles. The highest BCUT2D eigenvalue weighted by atomic mass is 35.5. The fourth-order valence-electron chi connectivity index (χ4n) is 12.2. The third-order valence-corrected chi connectivity index (χ3v) is 17.1. The molecule has 8 aromatic rings. The van der Waals surface area contributed by atoms with Gasteiger partial charge in [0.15, 0.2) is 0 Å². The Labute approximate surface area is 489 Å². The zero-order valence-corrected chi connectivity index (χ0v) is 48.3. The van der Waals surface area contributed by atoms with Gasteiger partial charge in [0.25, 0.3) is 23.5 Å². The maximum Gasteiger partial charge on any atom is 0.295 e. The minimum atomic E-state index is -0.676. The van der Waals surface area contributed by atoms with Crippen molar-refractivity contribution in [2.75, 3.05) is 52.4 Å². The Kier molecular flexibility index (Phi) is 18.4. The molecule has 3 amide bonds. The van der Waals surface area contributed by atoms with E-state index in [-0.39, 0.29) is 71.3 Å². The lowest BCUT2D eigenvalue weighted by Gasteiger charge is -2.47. The van der Waals surface area contributed by atoms with E-state index in [9.17, 15) is 24.3 Å². The van der Waals surface area contributed by atoms with Gasteiger partial charge in [-0.05, 0) is 99.7 Å². The van der Waals surface area contributed by atoms with Crippen LogP contribution in [-0.4, -0.2) is 157 Å². The number of ketones is 1. The van der Waals surface area contributed by atoms with Crippen molar-refractivity contribution in [2.45, 2.75) is 89.0 Å². The average molecular weight is 1140 g/mol. The Morgan fingerprint density at radius 2 is 1.00 bits per heavy atom. The highest BCUT2D eigenvalue weighted by Crippen LogP contribution is 2.37. The number of β-amino-alcohol motifs (C(OH)–C–C–N with tert-alkyl or cyclic N) is 2. The van der Waals surface area contributed by atoms with E-state index in [1.165, 1.54) is 33.4 Å². The van der Waals surface area contributed by atoms with Crippen LogP contribution in [0.2, 0.25) is 10.0 Å². The number of Topliss-reactive ketones (excluding diaryl/α,β-unsaturated/α-hetero) is 1. The van der Waals surface area contributed by atoms with Gasteiger partial charge in [0.2, 0.25) is 0 Å². The maximum atomic E-state index is 14.0. The molecule has 0 saturated carbocycles. The summed E-state index contributed by atoms with van der Waals surface area (Å²) in [5.74, 6) is -1.55. The van der Waals surface area contributed by atoms with Crippen LogP contribution in [-0.2, 0) is 4.79 Å². The van der Waals surface area contributed by atoms with Gasteiger partial charge in [-0.1, -0.05) is 145 Å². The molecule has 0 aliphatic carbocycles. The van der Waals surface area contributed by atoms with Crippen molar-refractivity contribution in [3.8, 4) is 0 Å². The van der Waals surface area contributed by atoms with Crippen molar-refractivity contribution in [2.24, 2.45) is 0 Å². The summed E-state index contributed by atoms with van der Waals surface area (Å²) in [4.78, 5) is 70.0. The first-order valence-corrected chi connectivity index (χ1v) is 29.2. The van der Waals surface area contributed by atoms with E-state index in [0.717, 1.165) is 37.0 Å². The first-order valence-electron chi connectivity index (χ1n) is 28.5. The van der Waals surface area contributed by atoms with Gasteiger partial charge in [0.05, 0.1) is 51.0 Å². The van der Waals surface area contributed by atoms with Gasteiger partial charge in [-0.3, -0.25) is 29.0 Å². The van der Waals surface area contributed by atoms with Crippen LogP contribution in [0.25, 0.3) is 21.8 Å². The van der Waals surface area contributed by atoms with Crippen molar-refractivity contribution >= 4 is 68.5 Å². The number of carbonyl (C=O) groups excluding carboxylic acids is 4. The van der Waals surface area contributed by atoms with Crippen LogP contribution in [0.4, 0.5) is 0 Å². The molecule has 6 heterocycles. The maximum absolute atomic E-state index is 14.0. The zero-order chi connectivity index (χ0) is 57.6. The number of carbonyl (C=O) groups is 4. The molecule has 4 fully saturated rings. The average Bonchev–Trinajstić information content (AvgIpc) is 4.46. The van der Waals surface area contributed by atoms with Crippen LogP contribution in [0, 0.1) is 0 Å². The van der Waals surface area contributed by atoms with E-state index in [2.05, 4.69) is 155 Å².